The van der Waals surface area contributed by atoms with Crippen molar-refractivity contribution in [1.82, 2.24) is 4.90 Å². The van der Waals surface area contributed by atoms with Crippen LogP contribution in [-0.2, 0) is 4.79 Å². The van der Waals surface area contributed by atoms with Crippen molar-refractivity contribution in [2.24, 2.45) is 16.8 Å². The fraction of sp³-hybridized carbons (Fsp3) is 0.407. The van der Waals surface area contributed by atoms with Crippen molar-refractivity contribution >= 4 is 34.6 Å². The van der Waals surface area contributed by atoms with Crippen molar-refractivity contribution in [3.63, 3.8) is 0 Å². The highest BCUT2D eigenvalue weighted by atomic mass is 32.2. The van der Waals surface area contributed by atoms with Crippen molar-refractivity contribution < 1.29 is 14.3 Å². The average Bonchev–Trinajstić information content (AvgIpc) is 3.03. The SMILES string of the molecule is CCOc1cc(/C=C2/SC(=Nc3ccc(C)cc3)N(CC(C)C)C2=O)ccc1OCC(C)C. The van der Waals surface area contributed by atoms with Gasteiger partial charge in [-0.25, -0.2) is 4.99 Å². The first-order chi connectivity index (χ1) is 15.8. The van der Waals surface area contributed by atoms with E-state index in [1.807, 2.05) is 62.4 Å². The molecule has 0 radical (unpaired) electrons. The molecule has 176 valence electrons. The molecule has 0 bridgehead atoms. The van der Waals surface area contributed by atoms with Crippen molar-refractivity contribution in [1.29, 1.82) is 0 Å². The van der Waals surface area contributed by atoms with Crippen LogP contribution < -0.4 is 9.47 Å². The highest BCUT2D eigenvalue weighted by Gasteiger charge is 2.33. The third-order valence-electron chi connectivity index (χ3n) is 4.83. The topological polar surface area (TPSA) is 51.1 Å². The van der Waals surface area contributed by atoms with Crippen LogP contribution in [0.3, 0.4) is 0 Å². The zero-order chi connectivity index (χ0) is 24.0. The summed E-state index contributed by atoms with van der Waals surface area (Å²) in [5.41, 5.74) is 2.92. The minimum absolute atomic E-state index is 0.0161. The van der Waals surface area contributed by atoms with E-state index in [0.29, 0.717) is 47.4 Å². The van der Waals surface area contributed by atoms with Gasteiger partial charge in [0.2, 0.25) is 0 Å². The summed E-state index contributed by atoms with van der Waals surface area (Å²) in [7, 11) is 0. The van der Waals surface area contributed by atoms with Crippen LogP contribution in [0.25, 0.3) is 6.08 Å². The summed E-state index contributed by atoms with van der Waals surface area (Å²) in [6.45, 7) is 14.2. The number of amidine groups is 1. The molecular weight excluding hydrogens is 432 g/mol. The number of ether oxygens (including phenoxy) is 2. The summed E-state index contributed by atoms with van der Waals surface area (Å²) in [5.74, 6) is 2.15. The fourth-order valence-corrected chi connectivity index (χ4v) is 4.26. The molecule has 5 nitrogen and oxygen atoms in total. The van der Waals surface area contributed by atoms with Gasteiger partial charge in [-0.3, -0.25) is 9.69 Å². The first-order valence-electron chi connectivity index (χ1n) is 11.5. The number of aryl methyl sites for hydroxylation is 1. The Morgan fingerprint density at radius 1 is 1.00 bits per heavy atom. The Labute approximate surface area is 201 Å². The zero-order valence-corrected chi connectivity index (χ0v) is 21.2. The summed E-state index contributed by atoms with van der Waals surface area (Å²) < 4.78 is 11.7. The third-order valence-corrected chi connectivity index (χ3v) is 5.84. The van der Waals surface area contributed by atoms with Crippen LogP contribution in [-0.4, -0.2) is 35.7 Å². The smallest absolute Gasteiger partial charge is 0.266 e. The maximum Gasteiger partial charge on any atom is 0.266 e. The predicted octanol–water partition coefficient (Wildman–Crippen LogP) is 6.69. The van der Waals surface area contributed by atoms with Crippen LogP contribution in [0.4, 0.5) is 5.69 Å². The van der Waals surface area contributed by atoms with Gasteiger partial charge < -0.3 is 9.47 Å². The molecule has 1 amide bonds. The number of carbonyl (C=O) groups is 1. The molecular formula is C27H34N2O3S. The predicted molar refractivity (Wildman–Crippen MR) is 138 cm³/mol. The Hall–Kier alpha value is -2.73. The molecule has 1 aliphatic rings. The number of carbonyl (C=O) groups excluding carboxylic acids is 1. The lowest BCUT2D eigenvalue weighted by molar-refractivity contribution is -0.122. The Bertz CT molecular complexity index is 1030. The van der Waals surface area contributed by atoms with Gasteiger partial charge in [-0.2, -0.15) is 0 Å². The minimum atomic E-state index is -0.0161. The van der Waals surface area contributed by atoms with Gasteiger partial charge in [-0.15, -0.1) is 0 Å². The molecule has 2 aromatic carbocycles. The second kappa shape index (κ2) is 11.4. The summed E-state index contributed by atoms with van der Waals surface area (Å²) in [6.07, 6.45) is 1.91. The Morgan fingerprint density at radius 3 is 2.36 bits per heavy atom. The first-order valence-corrected chi connectivity index (χ1v) is 12.3. The van der Waals surface area contributed by atoms with E-state index in [9.17, 15) is 4.79 Å². The number of aliphatic imine (C=N–C) groups is 1. The van der Waals surface area contributed by atoms with E-state index in [2.05, 4.69) is 27.7 Å². The molecule has 0 atom stereocenters. The molecule has 1 aliphatic heterocycles. The molecule has 1 heterocycles. The molecule has 2 aromatic rings. The van der Waals surface area contributed by atoms with Crippen LogP contribution in [0.2, 0.25) is 0 Å². The van der Waals surface area contributed by atoms with Gasteiger partial charge in [0.1, 0.15) is 0 Å². The van der Waals surface area contributed by atoms with E-state index in [0.717, 1.165) is 17.0 Å². The van der Waals surface area contributed by atoms with Crippen molar-refractivity contribution in [2.75, 3.05) is 19.8 Å². The number of rotatable bonds is 9. The van der Waals surface area contributed by atoms with E-state index in [1.165, 1.54) is 17.3 Å². The lowest BCUT2D eigenvalue weighted by Crippen LogP contribution is -2.32. The van der Waals surface area contributed by atoms with Crippen molar-refractivity contribution in [3.8, 4) is 11.5 Å². The van der Waals surface area contributed by atoms with Gasteiger partial charge in [-0.1, -0.05) is 51.5 Å². The quantitative estimate of drug-likeness (QED) is 0.386. The van der Waals surface area contributed by atoms with Gasteiger partial charge in [0.15, 0.2) is 16.7 Å². The number of hydrogen-bond acceptors (Lipinski definition) is 5. The summed E-state index contributed by atoms with van der Waals surface area (Å²) in [5, 5.41) is 0.714. The molecule has 3 rings (SSSR count). The molecule has 1 saturated heterocycles. The molecule has 0 N–H and O–H groups in total. The minimum Gasteiger partial charge on any atom is -0.490 e. The van der Waals surface area contributed by atoms with E-state index < -0.39 is 0 Å². The molecule has 0 spiro atoms. The summed E-state index contributed by atoms with van der Waals surface area (Å²) >= 11 is 1.42. The standard InChI is InChI=1S/C27H34N2O3S/c1-7-31-24-14-21(10-13-23(24)32-17-19(4)5)15-25-26(30)29(16-18(2)3)27(33-25)28-22-11-8-20(6)9-12-22/h8-15,18-19H,7,16-17H2,1-6H3/b25-15+,28-27?. The lowest BCUT2D eigenvalue weighted by Gasteiger charge is -2.17. The van der Waals surface area contributed by atoms with Crippen LogP contribution in [0.1, 0.15) is 45.7 Å². The highest BCUT2D eigenvalue weighted by Crippen LogP contribution is 2.36. The van der Waals surface area contributed by atoms with Crippen LogP contribution in [0.5, 0.6) is 11.5 Å². The maximum absolute atomic E-state index is 13.3. The largest absolute Gasteiger partial charge is 0.490 e. The van der Waals surface area contributed by atoms with Crippen LogP contribution in [0.15, 0.2) is 52.4 Å². The third kappa shape index (κ3) is 6.87. The monoisotopic (exact) mass is 466 g/mol. The van der Waals surface area contributed by atoms with Crippen LogP contribution in [0, 0.1) is 18.8 Å². The van der Waals surface area contributed by atoms with Gasteiger partial charge in [-0.05, 0) is 73.4 Å². The Morgan fingerprint density at radius 2 is 1.73 bits per heavy atom. The van der Waals surface area contributed by atoms with E-state index >= 15 is 0 Å². The number of benzene rings is 2. The fourth-order valence-electron chi connectivity index (χ4n) is 3.26. The first kappa shape index (κ1) is 24.9. The van der Waals surface area contributed by atoms with Gasteiger partial charge in [0.25, 0.3) is 5.91 Å². The Kier molecular flexibility index (Phi) is 8.61. The normalized spacial score (nSPS) is 16.5. The second-order valence-electron chi connectivity index (χ2n) is 8.99. The molecule has 0 aliphatic carbocycles. The maximum atomic E-state index is 13.3. The molecule has 0 saturated carbocycles. The van der Waals surface area contributed by atoms with Gasteiger partial charge >= 0.3 is 0 Å². The zero-order valence-electron chi connectivity index (χ0n) is 20.4. The van der Waals surface area contributed by atoms with Crippen molar-refractivity contribution in [2.45, 2.75) is 41.5 Å². The van der Waals surface area contributed by atoms with Gasteiger partial charge in [0, 0.05) is 6.54 Å². The molecule has 6 heteroatoms. The molecule has 33 heavy (non-hydrogen) atoms. The van der Waals surface area contributed by atoms with Crippen molar-refractivity contribution in [3.05, 3.63) is 58.5 Å². The Balaban J connectivity index is 1.91. The number of thioether (sulfide) groups is 1. The number of amides is 1. The molecule has 0 unspecified atom stereocenters. The summed E-state index contributed by atoms with van der Waals surface area (Å²) in [6, 6.07) is 13.8. The average molecular weight is 467 g/mol. The van der Waals surface area contributed by atoms with E-state index in [-0.39, 0.29) is 5.91 Å². The van der Waals surface area contributed by atoms with Gasteiger partial charge in [0.05, 0.1) is 23.8 Å². The number of nitrogens with zero attached hydrogens (tertiary/aromatic N) is 2. The lowest BCUT2D eigenvalue weighted by atomic mass is 10.1. The number of hydrogen-bond donors (Lipinski definition) is 0. The highest BCUT2D eigenvalue weighted by molar-refractivity contribution is 8.18. The molecule has 1 fully saturated rings. The second-order valence-corrected chi connectivity index (χ2v) is 10.0. The van der Waals surface area contributed by atoms with E-state index in [1.54, 1.807) is 4.90 Å². The summed E-state index contributed by atoms with van der Waals surface area (Å²) in [4.78, 5) is 20.5. The van der Waals surface area contributed by atoms with E-state index in [4.69, 9.17) is 14.5 Å². The molecule has 0 aromatic heterocycles. The van der Waals surface area contributed by atoms with Crippen LogP contribution >= 0.6 is 11.8 Å².